The van der Waals surface area contributed by atoms with Crippen LogP contribution in [0.25, 0.3) is 0 Å². The van der Waals surface area contributed by atoms with E-state index in [1.165, 1.54) is 6.33 Å². The van der Waals surface area contributed by atoms with Crippen LogP contribution in [0.2, 0.25) is 0 Å². The monoisotopic (exact) mass is 301 g/mol. The minimum absolute atomic E-state index is 0.247. The molecule has 1 aromatic heterocycles. The second-order valence-corrected chi connectivity index (χ2v) is 6.83. The molecule has 0 radical (unpaired) electrons. The van der Waals surface area contributed by atoms with Crippen molar-refractivity contribution in [3.8, 4) is 0 Å². The lowest BCUT2D eigenvalue weighted by Crippen LogP contribution is -2.47. The first-order valence-corrected chi connectivity index (χ1v) is 8.48. The Balaban J connectivity index is 1.87. The predicted molar refractivity (Wildman–Crippen MR) is 77.2 cm³/mol. The van der Waals surface area contributed by atoms with Gasteiger partial charge in [0.25, 0.3) is 10.2 Å². The van der Waals surface area contributed by atoms with Crippen LogP contribution >= 0.6 is 0 Å². The van der Waals surface area contributed by atoms with Crippen LogP contribution in [0.5, 0.6) is 0 Å². The molecule has 0 amide bonds. The molecule has 8 heteroatoms. The van der Waals surface area contributed by atoms with E-state index < -0.39 is 10.2 Å². The van der Waals surface area contributed by atoms with Gasteiger partial charge in [-0.3, -0.25) is 0 Å². The van der Waals surface area contributed by atoms with E-state index in [0.717, 1.165) is 31.6 Å². The summed E-state index contributed by atoms with van der Waals surface area (Å²) in [5, 5.41) is 3.29. The van der Waals surface area contributed by atoms with Gasteiger partial charge in [0, 0.05) is 25.0 Å². The van der Waals surface area contributed by atoms with E-state index in [-0.39, 0.29) is 6.54 Å². The van der Waals surface area contributed by atoms with Crippen molar-refractivity contribution in [3.05, 3.63) is 18.2 Å². The van der Waals surface area contributed by atoms with Gasteiger partial charge in [-0.05, 0) is 31.8 Å². The highest BCUT2D eigenvalue weighted by molar-refractivity contribution is 7.87. The fourth-order valence-electron chi connectivity index (χ4n) is 2.40. The molecule has 1 aliphatic heterocycles. The number of hydrogen-bond donors (Lipinski definition) is 3. The molecule has 7 nitrogen and oxygen atoms in total. The molecular weight excluding hydrogens is 278 g/mol. The molecule has 1 aliphatic rings. The normalized spacial score (nSPS) is 21.1. The average molecular weight is 301 g/mol. The summed E-state index contributed by atoms with van der Waals surface area (Å²) in [5.74, 6) is 0.396. The molecular formula is C12H23N5O2S. The Morgan fingerprint density at radius 1 is 1.55 bits per heavy atom. The van der Waals surface area contributed by atoms with E-state index >= 15 is 0 Å². The molecule has 0 bridgehead atoms. The third-order valence-corrected chi connectivity index (χ3v) is 5.03. The second kappa shape index (κ2) is 7.16. The number of nitrogens with zero attached hydrogens (tertiary/aromatic N) is 2. The van der Waals surface area contributed by atoms with E-state index in [1.807, 2.05) is 0 Å². The molecule has 0 aromatic carbocycles. The summed E-state index contributed by atoms with van der Waals surface area (Å²) < 4.78 is 28.7. The van der Waals surface area contributed by atoms with Gasteiger partial charge in [0.1, 0.15) is 0 Å². The average Bonchev–Trinajstić information content (AvgIpc) is 2.97. The summed E-state index contributed by atoms with van der Waals surface area (Å²) in [6.45, 7) is 5.29. The summed E-state index contributed by atoms with van der Waals surface area (Å²) in [6.07, 6.45) is 5.16. The maximum Gasteiger partial charge on any atom is 0.279 e. The Morgan fingerprint density at radius 3 is 3.10 bits per heavy atom. The van der Waals surface area contributed by atoms with Crippen LogP contribution in [-0.4, -0.2) is 48.9 Å². The molecule has 3 N–H and O–H groups in total. The Bertz CT molecular complexity index is 488. The van der Waals surface area contributed by atoms with Crippen molar-refractivity contribution in [2.45, 2.75) is 26.3 Å². The number of H-pyrrole nitrogens is 1. The Morgan fingerprint density at radius 2 is 2.40 bits per heavy atom. The molecule has 1 atom stereocenters. The lowest BCUT2D eigenvalue weighted by molar-refractivity contribution is 0.258. The van der Waals surface area contributed by atoms with Gasteiger partial charge in [-0.25, -0.2) is 4.98 Å². The van der Waals surface area contributed by atoms with Crippen LogP contribution < -0.4 is 10.0 Å². The quantitative estimate of drug-likeness (QED) is 0.664. The Hall–Kier alpha value is -0.960. The molecule has 1 fully saturated rings. The van der Waals surface area contributed by atoms with Crippen LogP contribution in [0.1, 0.15) is 25.5 Å². The van der Waals surface area contributed by atoms with Crippen LogP contribution in [0.3, 0.4) is 0 Å². The molecule has 2 heterocycles. The fraction of sp³-hybridized carbons (Fsp3) is 0.750. The zero-order valence-electron chi connectivity index (χ0n) is 11.8. The lowest BCUT2D eigenvalue weighted by atomic mass is 10.00. The molecule has 1 aromatic rings. The smallest absolute Gasteiger partial charge is 0.279 e. The highest BCUT2D eigenvalue weighted by Crippen LogP contribution is 2.18. The third-order valence-electron chi connectivity index (χ3n) is 3.50. The van der Waals surface area contributed by atoms with Gasteiger partial charge >= 0.3 is 0 Å². The van der Waals surface area contributed by atoms with Crippen molar-refractivity contribution in [1.82, 2.24) is 24.3 Å². The molecule has 0 aliphatic carbocycles. The zero-order valence-corrected chi connectivity index (χ0v) is 12.6. The first-order valence-electron chi connectivity index (χ1n) is 7.04. The van der Waals surface area contributed by atoms with Gasteiger partial charge < -0.3 is 10.3 Å². The minimum atomic E-state index is -3.41. The maximum absolute atomic E-state index is 12.3. The van der Waals surface area contributed by atoms with Crippen molar-refractivity contribution < 1.29 is 8.42 Å². The highest BCUT2D eigenvalue weighted by atomic mass is 32.2. The SMILES string of the molecule is CCNCC1CCCN(S(=O)(=O)NCc2cnc[nH]2)C1. The number of hydrogen-bond acceptors (Lipinski definition) is 4. The minimum Gasteiger partial charge on any atom is -0.347 e. The van der Waals surface area contributed by atoms with E-state index in [2.05, 4.69) is 26.9 Å². The second-order valence-electron chi connectivity index (χ2n) is 5.08. The largest absolute Gasteiger partial charge is 0.347 e. The van der Waals surface area contributed by atoms with E-state index in [0.29, 0.717) is 19.0 Å². The molecule has 1 saturated heterocycles. The van der Waals surface area contributed by atoms with Gasteiger partial charge in [-0.15, -0.1) is 0 Å². The zero-order chi connectivity index (χ0) is 14.4. The number of piperidine rings is 1. The van der Waals surface area contributed by atoms with E-state index in [4.69, 9.17) is 0 Å². The molecule has 2 rings (SSSR count). The summed E-state index contributed by atoms with van der Waals surface area (Å²) in [5.41, 5.74) is 0.759. The number of aromatic nitrogens is 2. The predicted octanol–water partition coefficient (Wildman–Crippen LogP) is 0.0656. The van der Waals surface area contributed by atoms with E-state index in [9.17, 15) is 8.42 Å². The third kappa shape index (κ3) is 4.27. The van der Waals surface area contributed by atoms with Crippen molar-refractivity contribution in [1.29, 1.82) is 0 Å². The molecule has 1 unspecified atom stereocenters. The Labute approximate surface area is 120 Å². The first-order chi connectivity index (χ1) is 9.62. The number of aromatic amines is 1. The van der Waals surface area contributed by atoms with Crippen molar-refractivity contribution in [2.75, 3.05) is 26.2 Å². The van der Waals surface area contributed by atoms with Crippen LogP contribution in [-0.2, 0) is 16.8 Å². The highest BCUT2D eigenvalue weighted by Gasteiger charge is 2.28. The maximum atomic E-state index is 12.3. The summed E-state index contributed by atoms with van der Waals surface area (Å²) in [6, 6.07) is 0. The summed E-state index contributed by atoms with van der Waals surface area (Å²) >= 11 is 0. The number of nitrogens with one attached hydrogen (secondary N) is 3. The molecule has 0 spiro atoms. The summed E-state index contributed by atoms with van der Waals surface area (Å²) in [7, 11) is -3.41. The molecule has 0 saturated carbocycles. The van der Waals surface area contributed by atoms with Gasteiger partial charge in [0.2, 0.25) is 0 Å². The van der Waals surface area contributed by atoms with Gasteiger partial charge in [-0.1, -0.05) is 6.92 Å². The van der Waals surface area contributed by atoms with Crippen LogP contribution in [0.15, 0.2) is 12.5 Å². The van der Waals surface area contributed by atoms with E-state index in [1.54, 1.807) is 10.5 Å². The molecule has 20 heavy (non-hydrogen) atoms. The van der Waals surface area contributed by atoms with Gasteiger partial charge in [-0.2, -0.15) is 17.4 Å². The first kappa shape index (κ1) is 15.4. The van der Waals surface area contributed by atoms with Crippen LogP contribution in [0.4, 0.5) is 0 Å². The molecule has 114 valence electrons. The number of rotatable bonds is 7. The number of imidazole rings is 1. The van der Waals surface area contributed by atoms with Crippen molar-refractivity contribution >= 4 is 10.2 Å². The van der Waals surface area contributed by atoms with Gasteiger partial charge in [0.15, 0.2) is 0 Å². The summed E-state index contributed by atoms with van der Waals surface area (Å²) in [4.78, 5) is 6.75. The lowest BCUT2D eigenvalue weighted by Gasteiger charge is -2.31. The van der Waals surface area contributed by atoms with Crippen LogP contribution in [0, 0.1) is 5.92 Å². The Kier molecular flexibility index (Phi) is 5.53. The standard InChI is InChI=1S/C12H23N5O2S/c1-2-13-6-11-4-3-5-17(9-11)20(18,19)16-8-12-7-14-10-15-12/h7,10-11,13,16H,2-6,8-9H2,1H3,(H,14,15). The van der Waals surface area contributed by atoms with Crippen molar-refractivity contribution in [3.63, 3.8) is 0 Å². The fourth-order valence-corrected chi connectivity index (χ4v) is 3.70. The topological polar surface area (TPSA) is 90.1 Å². The van der Waals surface area contributed by atoms with Gasteiger partial charge in [0.05, 0.1) is 12.9 Å². The van der Waals surface area contributed by atoms with Crippen molar-refractivity contribution in [2.24, 2.45) is 5.92 Å².